The fraction of sp³-hybridized carbons (Fsp3) is 0.111. The van der Waals surface area contributed by atoms with Gasteiger partial charge in [-0.25, -0.2) is 0 Å². The van der Waals surface area contributed by atoms with Gasteiger partial charge in [0.15, 0.2) is 0 Å². The highest BCUT2D eigenvalue weighted by atomic mass is 16.5. The molecule has 0 bridgehead atoms. The van der Waals surface area contributed by atoms with Crippen LogP contribution in [-0.4, -0.2) is 7.11 Å². The van der Waals surface area contributed by atoms with Crippen molar-refractivity contribution in [3.63, 3.8) is 0 Å². The highest BCUT2D eigenvalue weighted by molar-refractivity contribution is 5.83. The van der Waals surface area contributed by atoms with E-state index in [9.17, 15) is 0 Å². The van der Waals surface area contributed by atoms with E-state index in [1.165, 1.54) is 5.56 Å². The Bertz CT molecular complexity index is 606. The molecule has 0 unspecified atom stereocenters. The van der Waals surface area contributed by atoms with Crippen molar-refractivity contribution in [3.05, 3.63) is 77.9 Å². The number of methoxy groups -OCH3 is 1. The van der Waals surface area contributed by atoms with E-state index in [2.05, 4.69) is 32.2 Å². The van der Waals surface area contributed by atoms with Crippen LogP contribution in [-0.2, 0) is 0 Å². The number of rotatable bonds is 4. The number of ether oxygens (including phenoxy) is 1. The summed E-state index contributed by atoms with van der Waals surface area (Å²) in [4.78, 5) is 0. The maximum absolute atomic E-state index is 5.17. The second-order valence-electron chi connectivity index (χ2n) is 4.45. The number of hydrogen-bond donors (Lipinski definition) is 0. The van der Waals surface area contributed by atoms with E-state index in [1.807, 2.05) is 36.4 Å². The molecule has 0 amide bonds. The lowest BCUT2D eigenvalue weighted by molar-refractivity contribution is 0.415. The van der Waals surface area contributed by atoms with Crippen LogP contribution in [0.3, 0.4) is 0 Å². The second-order valence-corrected chi connectivity index (χ2v) is 4.45. The lowest BCUT2D eigenvalue weighted by Crippen LogP contribution is -1.93. The van der Waals surface area contributed by atoms with E-state index in [0.29, 0.717) is 0 Å². The first-order chi connectivity index (χ1) is 9.17. The van der Waals surface area contributed by atoms with Gasteiger partial charge in [0.25, 0.3) is 0 Å². The molecule has 0 saturated heterocycles. The molecule has 2 aromatic carbocycles. The van der Waals surface area contributed by atoms with E-state index in [-0.39, 0.29) is 0 Å². The van der Waals surface area contributed by atoms with E-state index in [4.69, 9.17) is 4.74 Å². The molecule has 0 radical (unpaired) electrons. The molecular formula is C18H18O. The molecule has 0 atom stereocenters. The lowest BCUT2D eigenvalue weighted by Gasteiger charge is -2.12. The van der Waals surface area contributed by atoms with Gasteiger partial charge in [-0.1, -0.05) is 49.6 Å². The maximum atomic E-state index is 5.17. The first-order valence-corrected chi connectivity index (χ1v) is 6.23. The topological polar surface area (TPSA) is 9.23 Å². The largest absolute Gasteiger partial charge is 0.497 e. The van der Waals surface area contributed by atoms with E-state index in [1.54, 1.807) is 7.11 Å². The van der Waals surface area contributed by atoms with Crippen molar-refractivity contribution in [2.75, 3.05) is 7.11 Å². The predicted molar refractivity (Wildman–Crippen MR) is 82.4 cm³/mol. The minimum absolute atomic E-state index is 0.852. The molecule has 0 aliphatic carbocycles. The Morgan fingerprint density at radius 3 is 2.37 bits per heavy atom. The molecular weight excluding hydrogens is 232 g/mol. The normalized spacial score (nSPS) is 10.0. The van der Waals surface area contributed by atoms with Gasteiger partial charge in [0.05, 0.1) is 7.11 Å². The van der Waals surface area contributed by atoms with Gasteiger partial charge in [-0.2, -0.15) is 0 Å². The Morgan fingerprint density at radius 1 is 1.11 bits per heavy atom. The molecule has 1 heteroatoms. The number of benzene rings is 2. The molecule has 0 N–H and O–H groups in total. The standard InChI is InChI=1S/C18H18O/c1-5-17-13(2)7-6-8-18(17)14(3)15-9-11-16(19-4)12-10-15/h5-12H,1,3H2,2,4H3. The molecule has 0 saturated carbocycles. The number of aryl methyl sites for hydroxylation is 1. The Hall–Kier alpha value is -2.28. The number of hydrogen-bond acceptors (Lipinski definition) is 1. The van der Waals surface area contributed by atoms with Crippen LogP contribution in [0.2, 0.25) is 0 Å². The Balaban J connectivity index is 2.43. The van der Waals surface area contributed by atoms with Crippen molar-refractivity contribution in [2.45, 2.75) is 6.92 Å². The highest BCUT2D eigenvalue weighted by Crippen LogP contribution is 2.28. The Labute approximate surface area is 114 Å². The van der Waals surface area contributed by atoms with Crippen molar-refractivity contribution in [2.24, 2.45) is 0 Å². The minimum atomic E-state index is 0.852. The second kappa shape index (κ2) is 5.57. The van der Waals surface area contributed by atoms with Crippen molar-refractivity contribution in [1.82, 2.24) is 0 Å². The van der Waals surface area contributed by atoms with Crippen LogP contribution < -0.4 is 4.74 Å². The summed E-state index contributed by atoms with van der Waals surface area (Å²) >= 11 is 0. The van der Waals surface area contributed by atoms with Crippen molar-refractivity contribution in [1.29, 1.82) is 0 Å². The van der Waals surface area contributed by atoms with Crippen LogP contribution in [0.25, 0.3) is 11.6 Å². The summed E-state index contributed by atoms with van der Waals surface area (Å²) in [5.41, 5.74) is 5.57. The third-order valence-corrected chi connectivity index (χ3v) is 3.29. The molecule has 0 aliphatic rings. The van der Waals surface area contributed by atoms with Gasteiger partial charge in [-0.05, 0) is 46.9 Å². The molecule has 19 heavy (non-hydrogen) atoms. The van der Waals surface area contributed by atoms with Gasteiger partial charge in [-0.3, -0.25) is 0 Å². The molecule has 0 fully saturated rings. The molecule has 96 valence electrons. The Kier molecular flexibility index (Phi) is 3.86. The van der Waals surface area contributed by atoms with Crippen LogP contribution >= 0.6 is 0 Å². The Morgan fingerprint density at radius 2 is 1.79 bits per heavy atom. The van der Waals surface area contributed by atoms with Crippen LogP contribution in [0, 0.1) is 6.92 Å². The highest BCUT2D eigenvalue weighted by Gasteiger charge is 2.08. The van der Waals surface area contributed by atoms with E-state index >= 15 is 0 Å². The molecule has 0 aromatic heterocycles. The molecule has 2 rings (SSSR count). The molecule has 1 nitrogen and oxygen atoms in total. The summed E-state index contributed by atoms with van der Waals surface area (Å²) in [5.74, 6) is 0.852. The van der Waals surface area contributed by atoms with Gasteiger partial charge in [-0.15, -0.1) is 0 Å². The van der Waals surface area contributed by atoms with Crippen molar-refractivity contribution < 1.29 is 4.74 Å². The fourth-order valence-corrected chi connectivity index (χ4v) is 2.16. The third-order valence-electron chi connectivity index (χ3n) is 3.29. The quantitative estimate of drug-likeness (QED) is 0.763. The minimum Gasteiger partial charge on any atom is -0.497 e. The molecule has 0 heterocycles. The predicted octanol–water partition coefficient (Wildman–Crippen LogP) is 4.71. The van der Waals surface area contributed by atoms with Gasteiger partial charge in [0.1, 0.15) is 5.75 Å². The van der Waals surface area contributed by atoms with Crippen LogP contribution in [0.1, 0.15) is 22.3 Å². The summed E-state index contributed by atoms with van der Waals surface area (Å²) in [6.45, 7) is 10.2. The molecule has 2 aromatic rings. The zero-order chi connectivity index (χ0) is 13.8. The molecule has 0 aliphatic heterocycles. The zero-order valence-corrected chi connectivity index (χ0v) is 11.4. The SMILES string of the molecule is C=Cc1c(C)cccc1C(=C)c1ccc(OC)cc1. The van der Waals surface area contributed by atoms with Gasteiger partial charge < -0.3 is 4.74 Å². The van der Waals surface area contributed by atoms with Gasteiger partial charge >= 0.3 is 0 Å². The van der Waals surface area contributed by atoms with Crippen molar-refractivity contribution >= 4 is 11.6 Å². The fourth-order valence-electron chi connectivity index (χ4n) is 2.16. The van der Waals surface area contributed by atoms with Gasteiger partial charge in [0, 0.05) is 0 Å². The monoisotopic (exact) mass is 250 g/mol. The summed E-state index contributed by atoms with van der Waals surface area (Å²) < 4.78 is 5.17. The van der Waals surface area contributed by atoms with Crippen LogP contribution in [0.5, 0.6) is 5.75 Å². The van der Waals surface area contributed by atoms with Crippen LogP contribution in [0.4, 0.5) is 0 Å². The maximum Gasteiger partial charge on any atom is 0.118 e. The first kappa shape index (κ1) is 13.2. The first-order valence-electron chi connectivity index (χ1n) is 6.23. The zero-order valence-electron chi connectivity index (χ0n) is 11.4. The van der Waals surface area contributed by atoms with Gasteiger partial charge in [0.2, 0.25) is 0 Å². The lowest BCUT2D eigenvalue weighted by atomic mass is 9.92. The molecule has 0 spiro atoms. The van der Waals surface area contributed by atoms with E-state index in [0.717, 1.165) is 28.0 Å². The van der Waals surface area contributed by atoms with E-state index < -0.39 is 0 Å². The smallest absolute Gasteiger partial charge is 0.118 e. The summed E-state index contributed by atoms with van der Waals surface area (Å²) in [7, 11) is 1.67. The van der Waals surface area contributed by atoms with Crippen molar-refractivity contribution in [3.8, 4) is 5.75 Å². The third kappa shape index (κ3) is 2.60. The summed E-state index contributed by atoms with van der Waals surface area (Å²) in [5, 5.41) is 0. The summed E-state index contributed by atoms with van der Waals surface area (Å²) in [6.07, 6.45) is 1.89. The average molecular weight is 250 g/mol. The van der Waals surface area contributed by atoms with Crippen LogP contribution in [0.15, 0.2) is 55.6 Å². The average Bonchev–Trinajstić information content (AvgIpc) is 2.46. The summed E-state index contributed by atoms with van der Waals surface area (Å²) in [6, 6.07) is 14.2.